The maximum Gasteiger partial charge on any atom is 0.106 e. The van der Waals surface area contributed by atoms with E-state index in [0.29, 0.717) is 0 Å². The van der Waals surface area contributed by atoms with Gasteiger partial charge in [-0.25, -0.2) is 4.98 Å². The highest BCUT2D eigenvalue weighted by Gasteiger charge is 2.15. The number of morpholine rings is 1. The number of nitrogens with zero attached hydrogens (tertiary/aromatic N) is 1. The van der Waals surface area contributed by atoms with E-state index < -0.39 is 0 Å². The number of hydrogen-bond acceptors (Lipinski definition) is 3. The van der Waals surface area contributed by atoms with Gasteiger partial charge in [0, 0.05) is 24.8 Å². The Morgan fingerprint density at radius 3 is 3.08 bits per heavy atom. The van der Waals surface area contributed by atoms with E-state index in [1.165, 1.54) is 0 Å². The summed E-state index contributed by atoms with van der Waals surface area (Å²) in [6.07, 6.45) is 2.01. The van der Waals surface area contributed by atoms with Crippen molar-refractivity contribution in [2.24, 2.45) is 0 Å². The lowest BCUT2D eigenvalue weighted by atomic mass is 10.1. The van der Waals surface area contributed by atoms with E-state index in [0.717, 1.165) is 29.9 Å². The maximum atomic E-state index is 5.59. The molecule has 1 aromatic rings. The molecule has 2 rings (SSSR count). The van der Waals surface area contributed by atoms with E-state index >= 15 is 0 Å². The second-order valence-electron chi connectivity index (χ2n) is 2.98. The van der Waals surface area contributed by atoms with Gasteiger partial charge < -0.3 is 10.1 Å². The summed E-state index contributed by atoms with van der Waals surface area (Å²) < 4.78 is 6.45. The van der Waals surface area contributed by atoms with Crippen molar-refractivity contribution in [1.29, 1.82) is 0 Å². The van der Waals surface area contributed by atoms with E-state index in [9.17, 15) is 0 Å². The highest BCUT2D eigenvalue weighted by Crippen LogP contribution is 2.18. The van der Waals surface area contributed by atoms with Gasteiger partial charge in [-0.15, -0.1) is 0 Å². The lowest BCUT2D eigenvalue weighted by molar-refractivity contribution is 0.0275. The molecule has 4 heteroatoms. The van der Waals surface area contributed by atoms with Crippen molar-refractivity contribution in [3.05, 3.63) is 28.5 Å². The molecule has 0 aliphatic carbocycles. The van der Waals surface area contributed by atoms with E-state index in [4.69, 9.17) is 4.74 Å². The highest BCUT2D eigenvalue weighted by atomic mass is 79.9. The molecule has 1 aromatic heterocycles. The fraction of sp³-hybridized carbons (Fsp3) is 0.444. The van der Waals surface area contributed by atoms with Crippen LogP contribution in [-0.2, 0) is 4.74 Å². The Kier molecular flexibility index (Phi) is 2.93. The Balaban J connectivity index is 2.10. The van der Waals surface area contributed by atoms with Crippen LogP contribution >= 0.6 is 15.9 Å². The molecule has 1 N–H and O–H groups in total. The molecule has 0 aromatic carbocycles. The van der Waals surface area contributed by atoms with Crippen molar-refractivity contribution in [3.8, 4) is 0 Å². The first-order chi connectivity index (χ1) is 6.36. The molecular formula is C9H11BrN2O. The molecule has 13 heavy (non-hydrogen) atoms. The molecule has 1 aliphatic heterocycles. The second kappa shape index (κ2) is 4.17. The quantitative estimate of drug-likeness (QED) is 0.759. The molecule has 3 nitrogen and oxygen atoms in total. The molecule has 70 valence electrons. The van der Waals surface area contributed by atoms with Gasteiger partial charge >= 0.3 is 0 Å². The summed E-state index contributed by atoms with van der Waals surface area (Å²) >= 11 is 3.30. The van der Waals surface area contributed by atoms with E-state index in [1.54, 1.807) is 0 Å². The second-order valence-corrected chi connectivity index (χ2v) is 3.79. The summed E-state index contributed by atoms with van der Waals surface area (Å²) in [7, 11) is 0. The molecule has 0 radical (unpaired) electrons. The first-order valence-electron chi connectivity index (χ1n) is 4.30. The molecule has 0 spiro atoms. The van der Waals surface area contributed by atoms with Crippen LogP contribution in [0.2, 0.25) is 0 Å². The van der Waals surface area contributed by atoms with Crippen molar-refractivity contribution >= 4 is 15.9 Å². The van der Waals surface area contributed by atoms with Gasteiger partial charge in [-0.2, -0.15) is 0 Å². The Morgan fingerprint density at radius 2 is 2.46 bits per heavy atom. The van der Waals surface area contributed by atoms with Crippen LogP contribution < -0.4 is 5.32 Å². The van der Waals surface area contributed by atoms with Gasteiger partial charge in [0.25, 0.3) is 0 Å². The van der Waals surface area contributed by atoms with Gasteiger partial charge in [-0.05, 0) is 22.0 Å². The van der Waals surface area contributed by atoms with Crippen molar-refractivity contribution < 1.29 is 4.74 Å². The summed E-state index contributed by atoms with van der Waals surface area (Å²) in [5.41, 5.74) is 1.13. The van der Waals surface area contributed by atoms with Crippen LogP contribution in [0.5, 0.6) is 0 Å². The minimum Gasteiger partial charge on any atom is -0.371 e. The largest absolute Gasteiger partial charge is 0.371 e. The average molecular weight is 243 g/mol. The smallest absolute Gasteiger partial charge is 0.106 e. The van der Waals surface area contributed by atoms with Crippen LogP contribution in [0.3, 0.4) is 0 Å². The fourth-order valence-electron chi connectivity index (χ4n) is 1.36. The topological polar surface area (TPSA) is 34.1 Å². The third kappa shape index (κ3) is 2.27. The standard InChI is InChI=1S/C9H11BrN2O/c10-9-2-1-7(5-12-9)8-6-11-3-4-13-8/h1-2,5,8,11H,3-4,6H2. The zero-order valence-corrected chi connectivity index (χ0v) is 8.75. The van der Waals surface area contributed by atoms with E-state index in [-0.39, 0.29) is 6.10 Å². The Hall–Kier alpha value is -0.450. The van der Waals surface area contributed by atoms with Crippen LogP contribution in [0.1, 0.15) is 11.7 Å². The third-order valence-corrected chi connectivity index (χ3v) is 2.52. The van der Waals surface area contributed by atoms with Crippen molar-refractivity contribution in [1.82, 2.24) is 10.3 Å². The lowest BCUT2D eigenvalue weighted by Gasteiger charge is -2.23. The summed E-state index contributed by atoms with van der Waals surface area (Å²) in [6.45, 7) is 2.60. The average Bonchev–Trinajstić information content (AvgIpc) is 2.20. The Labute approximate surface area is 85.6 Å². The first kappa shape index (κ1) is 9.12. The molecule has 1 aliphatic rings. The minimum absolute atomic E-state index is 0.161. The molecule has 1 atom stereocenters. The number of nitrogens with one attached hydrogen (secondary N) is 1. The number of halogens is 1. The van der Waals surface area contributed by atoms with Gasteiger partial charge in [0.05, 0.1) is 12.7 Å². The van der Waals surface area contributed by atoms with Crippen molar-refractivity contribution in [3.63, 3.8) is 0 Å². The fourth-order valence-corrected chi connectivity index (χ4v) is 1.59. The number of hydrogen-bond donors (Lipinski definition) is 1. The minimum atomic E-state index is 0.161. The summed E-state index contributed by atoms with van der Waals surface area (Å²) in [5, 5.41) is 3.28. The third-order valence-electron chi connectivity index (χ3n) is 2.05. The van der Waals surface area contributed by atoms with Gasteiger partial charge in [0.1, 0.15) is 4.60 Å². The SMILES string of the molecule is Brc1ccc(C2CNCCO2)cn1. The summed E-state index contributed by atoms with van der Waals surface area (Å²) in [5.74, 6) is 0. The van der Waals surface area contributed by atoms with Crippen LogP contribution in [0.4, 0.5) is 0 Å². The van der Waals surface area contributed by atoms with Crippen LogP contribution in [0, 0.1) is 0 Å². The summed E-state index contributed by atoms with van der Waals surface area (Å²) in [4.78, 5) is 4.16. The number of ether oxygens (including phenoxy) is 1. The summed E-state index contributed by atoms with van der Waals surface area (Å²) in [6, 6.07) is 3.97. The Bertz CT molecular complexity index is 269. The maximum absolute atomic E-state index is 5.59. The lowest BCUT2D eigenvalue weighted by Crippen LogP contribution is -2.33. The normalized spacial score (nSPS) is 23.0. The molecule has 0 amide bonds. The monoisotopic (exact) mass is 242 g/mol. The molecule has 1 fully saturated rings. The van der Waals surface area contributed by atoms with Gasteiger partial charge in [0.2, 0.25) is 0 Å². The zero-order valence-electron chi connectivity index (χ0n) is 7.16. The van der Waals surface area contributed by atoms with Crippen molar-refractivity contribution in [2.45, 2.75) is 6.10 Å². The zero-order chi connectivity index (χ0) is 9.10. The van der Waals surface area contributed by atoms with Gasteiger partial charge in [0.15, 0.2) is 0 Å². The number of pyridine rings is 1. The first-order valence-corrected chi connectivity index (χ1v) is 5.09. The van der Waals surface area contributed by atoms with Gasteiger partial charge in [-0.1, -0.05) is 6.07 Å². The predicted octanol–water partition coefficient (Wildman–Crippen LogP) is 1.50. The molecular weight excluding hydrogens is 232 g/mol. The van der Waals surface area contributed by atoms with E-state index in [2.05, 4.69) is 26.2 Å². The van der Waals surface area contributed by atoms with E-state index in [1.807, 2.05) is 18.3 Å². The van der Waals surface area contributed by atoms with Gasteiger partial charge in [-0.3, -0.25) is 0 Å². The van der Waals surface area contributed by atoms with Crippen molar-refractivity contribution in [2.75, 3.05) is 19.7 Å². The van der Waals surface area contributed by atoms with Crippen LogP contribution in [0.25, 0.3) is 0 Å². The number of rotatable bonds is 1. The molecule has 2 heterocycles. The molecule has 1 saturated heterocycles. The van der Waals surface area contributed by atoms with Crippen LogP contribution in [-0.4, -0.2) is 24.7 Å². The molecule has 0 saturated carbocycles. The molecule has 0 bridgehead atoms. The predicted molar refractivity (Wildman–Crippen MR) is 53.5 cm³/mol. The highest BCUT2D eigenvalue weighted by molar-refractivity contribution is 9.10. The molecule has 1 unspecified atom stereocenters. The van der Waals surface area contributed by atoms with Crippen LogP contribution in [0.15, 0.2) is 22.9 Å². The number of aromatic nitrogens is 1. The Morgan fingerprint density at radius 1 is 1.54 bits per heavy atom.